The van der Waals surface area contributed by atoms with E-state index < -0.39 is 6.04 Å². The summed E-state index contributed by atoms with van der Waals surface area (Å²) in [6.07, 6.45) is 0. The van der Waals surface area contributed by atoms with E-state index in [9.17, 15) is 9.59 Å². The first kappa shape index (κ1) is 17.4. The average molecular weight is 312 g/mol. The number of carbonyl (C=O) groups excluding carboxylic acids is 2. The van der Waals surface area contributed by atoms with E-state index in [0.717, 1.165) is 10.7 Å². The summed E-state index contributed by atoms with van der Waals surface area (Å²) >= 11 is 1.54. The van der Waals surface area contributed by atoms with Gasteiger partial charge in [0.15, 0.2) is 0 Å². The summed E-state index contributed by atoms with van der Waals surface area (Å²) in [7, 11) is 0. The lowest BCUT2D eigenvalue weighted by molar-refractivity contribution is -0.123. The smallest absolute Gasteiger partial charge is 0.315 e. The molecule has 0 aliphatic heterocycles. The van der Waals surface area contributed by atoms with Crippen LogP contribution in [-0.2, 0) is 4.79 Å². The third-order valence-corrected chi connectivity index (χ3v) is 3.46. The first-order valence-corrected chi connectivity index (χ1v) is 7.77. The fourth-order valence-electron chi connectivity index (χ4n) is 1.63. The molecule has 0 fully saturated rings. The number of nitrogens with one attached hydrogen (secondary N) is 3. The molecule has 0 saturated heterocycles. The minimum absolute atomic E-state index is 0.201. The van der Waals surface area contributed by atoms with E-state index in [4.69, 9.17) is 0 Å². The highest BCUT2D eigenvalue weighted by atomic mass is 32.1. The lowest BCUT2D eigenvalue weighted by Gasteiger charge is -2.24. The first-order chi connectivity index (χ1) is 9.58. The van der Waals surface area contributed by atoms with Crippen LogP contribution in [0.5, 0.6) is 0 Å². The quantitative estimate of drug-likeness (QED) is 0.796. The molecule has 1 aromatic rings. The molecule has 0 aromatic carbocycles. The average Bonchev–Trinajstić information content (AvgIpc) is 2.73. The van der Waals surface area contributed by atoms with E-state index in [-0.39, 0.29) is 23.5 Å². The van der Waals surface area contributed by atoms with E-state index in [1.54, 1.807) is 6.92 Å². The molecule has 1 rings (SSSR count). The molecule has 0 radical (unpaired) electrons. The Morgan fingerprint density at radius 3 is 2.33 bits per heavy atom. The maximum atomic E-state index is 11.9. The molecule has 1 aromatic heterocycles. The second kappa shape index (κ2) is 6.89. The zero-order chi connectivity index (χ0) is 16.2. The number of aryl methyl sites for hydroxylation is 1. The zero-order valence-electron chi connectivity index (χ0n) is 13.4. The zero-order valence-corrected chi connectivity index (χ0v) is 14.2. The fraction of sp³-hybridized carbons (Fsp3) is 0.643. The lowest BCUT2D eigenvalue weighted by Crippen LogP contribution is -2.52. The van der Waals surface area contributed by atoms with Crippen LogP contribution in [0.25, 0.3) is 0 Å². The van der Waals surface area contributed by atoms with Gasteiger partial charge < -0.3 is 16.0 Å². The first-order valence-electron chi connectivity index (χ1n) is 6.89. The van der Waals surface area contributed by atoms with Crippen LogP contribution in [-0.4, -0.2) is 28.5 Å². The van der Waals surface area contributed by atoms with Crippen molar-refractivity contribution >= 4 is 23.3 Å². The molecule has 0 aliphatic carbocycles. The molecule has 2 atom stereocenters. The normalized spacial score (nSPS) is 14.2. The van der Waals surface area contributed by atoms with Crippen LogP contribution < -0.4 is 16.0 Å². The van der Waals surface area contributed by atoms with Gasteiger partial charge in [0.05, 0.1) is 16.7 Å². The number of thiazole rings is 1. The monoisotopic (exact) mass is 312 g/mol. The Kier molecular flexibility index (Phi) is 5.71. The van der Waals surface area contributed by atoms with E-state index in [0.29, 0.717) is 0 Å². The van der Waals surface area contributed by atoms with Crippen molar-refractivity contribution in [2.24, 2.45) is 0 Å². The standard InChI is InChI=1S/C14H24N4O2S/c1-8(11-7-21-10(3)17-11)15-13(20)16-9(2)12(19)18-14(4,5)6/h7-9H,1-6H3,(H,18,19)(H2,15,16,20)/t8-,9+/m0/s1. The summed E-state index contributed by atoms with van der Waals surface area (Å²) in [6.45, 7) is 11.1. The van der Waals surface area contributed by atoms with Crippen molar-refractivity contribution in [2.75, 3.05) is 0 Å². The van der Waals surface area contributed by atoms with Crippen LogP contribution in [0, 0.1) is 6.92 Å². The van der Waals surface area contributed by atoms with E-state index >= 15 is 0 Å². The Balaban J connectivity index is 2.48. The van der Waals surface area contributed by atoms with Crippen LogP contribution in [0.1, 0.15) is 51.4 Å². The molecule has 0 bridgehead atoms. The Bertz CT molecular complexity index is 507. The van der Waals surface area contributed by atoms with Crippen LogP contribution in [0.3, 0.4) is 0 Å². The van der Waals surface area contributed by atoms with Gasteiger partial charge in [-0.25, -0.2) is 9.78 Å². The third kappa shape index (κ3) is 6.12. The molecular formula is C14H24N4O2S. The largest absolute Gasteiger partial charge is 0.350 e. The third-order valence-electron chi connectivity index (χ3n) is 2.67. The second-order valence-corrected chi connectivity index (χ2v) is 7.15. The summed E-state index contributed by atoms with van der Waals surface area (Å²) < 4.78 is 0. The highest BCUT2D eigenvalue weighted by molar-refractivity contribution is 7.09. The molecule has 0 aliphatic rings. The lowest BCUT2D eigenvalue weighted by atomic mass is 10.1. The maximum Gasteiger partial charge on any atom is 0.315 e. The Labute approximate surface area is 129 Å². The van der Waals surface area contributed by atoms with Crippen LogP contribution >= 0.6 is 11.3 Å². The van der Waals surface area contributed by atoms with Crippen molar-refractivity contribution in [3.05, 3.63) is 16.1 Å². The molecule has 0 saturated carbocycles. The van der Waals surface area contributed by atoms with Gasteiger partial charge in [0, 0.05) is 10.9 Å². The minimum Gasteiger partial charge on any atom is -0.350 e. The van der Waals surface area contributed by atoms with Gasteiger partial charge in [0.2, 0.25) is 5.91 Å². The molecule has 118 valence electrons. The Morgan fingerprint density at radius 2 is 1.86 bits per heavy atom. The number of nitrogens with zero attached hydrogens (tertiary/aromatic N) is 1. The van der Waals surface area contributed by atoms with Crippen LogP contribution in [0.2, 0.25) is 0 Å². The molecule has 3 N–H and O–H groups in total. The highest BCUT2D eigenvalue weighted by Crippen LogP contribution is 2.15. The number of aromatic nitrogens is 1. The van der Waals surface area contributed by atoms with Gasteiger partial charge in [-0.15, -0.1) is 11.3 Å². The van der Waals surface area contributed by atoms with Gasteiger partial charge >= 0.3 is 6.03 Å². The van der Waals surface area contributed by atoms with Crippen molar-refractivity contribution in [3.63, 3.8) is 0 Å². The van der Waals surface area contributed by atoms with Crippen molar-refractivity contribution in [1.82, 2.24) is 20.9 Å². The van der Waals surface area contributed by atoms with Gasteiger partial charge in [-0.05, 0) is 41.5 Å². The van der Waals surface area contributed by atoms with Gasteiger partial charge in [0.25, 0.3) is 0 Å². The maximum absolute atomic E-state index is 11.9. The van der Waals surface area contributed by atoms with Crippen LogP contribution in [0.15, 0.2) is 5.38 Å². The fourth-order valence-corrected chi connectivity index (χ4v) is 2.34. The Hall–Kier alpha value is -1.63. The summed E-state index contributed by atoms with van der Waals surface area (Å²) in [5, 5.41) is 11.1. The molecule has 3 amide bonds. The van der Waals surface area contributed by atoms with Crippen molar-refractivity contribution in [1.29, 1.82) is 0 Å². The molecule has 1 heterocycles. The van der Waals surface area contributed by atoms with Gasteiger partial charge in [0.1, 0.15) is 6.04 Å². The van der Waals surface area contributed by atoms with Crippen molar-refractivity contribution in [3.8, 4) is 0 Å². The topological polar surface area (TPSA) is 83.1 Å². The minimum atomic E-state index is -0.603. The second-order valence-electron chi connectivity index (χ2n) is 6.09. The number of amides is 3. The van der Waals surface area contributed by atoms with E-state index in [1.165, 1.54) is 11.3 Å². The van der Waals surface area contributed by atoms with Crippen molar-refractivity contribution in [2.45, 2.75) is 59.2 Å². The SMILES string of the molecule is Cc1nc([C@H](C)NC(=O)N[C@H](C)C(=O)NC(C)(C)C)cs1. The molecule has 21 heavy (non-hydrogen) atoms. The molecular weight excluding hydrogens is 288 g/mol. The molecule has 0 spiro atoms. The van der Waals surface area contributed by atoms with Gasteiger partial charge in [-0.3, -0.25) is 4.79 Å². The van der Waals surface area contributed by atoms with Gasteiger partial charge in [-0.2, -0.15) is 0 Å². The van der Waals surface area contributed by atoms with E-state index in [1.807, 2.05) is 40.0 Å². The summed E-state index contributed by atoms with van der Waals surface area (Å²) in [5.74, 6) is -0.213. The van der Waals surface area contributed by atoms with Gasteiger partial charge in [-0.1, -0.05) is 0 Å². The summed E-state index contributed by atoms with van der Waals surface area (Å²) in [4.78, 5) is 28.1. The summed E-state index contributed by atoms with van der Waals surface area (Å²) in [6, 6.07) is -1.19. The summed E-state index contributed by atoms with van der Waals surface area (Å²) in [5.41, 5.74) is 0.494. The van der Waals surface area contributed by atoms with Crippen LogP contribution in [0.4, 0.5) is 4.79 Å². The predicted molar refractivity (Wildman–Crippen MR) is 84.3 cm³/mol. The number of hydrogen-bond acceptors (Lipinski definition) is 4. The molecule has 0 unspecified atom stereocenters. The predicted octanol–water partition coefficient (Wildman–Crippen LogP) is 2.11. The molecule has 6 nitrogen and oxygen atoms in total. The molecule has 7 heteroatoms. The number of urea groups is 1. The number of carbonyl (C=O) groups is 2. The number of rotatable bonds is 4. The van der Waals surface area contributed by atoms with Crippen molar-refractivity contribution < 1.29 is 9.59 Å². The Morgan fingerprint density at radius 1 is 1.24 bits per heavy atom. The van der Waals surface area contributed by atoms with E-state index in [2.05, 4.69) is 20.9 Å². The number of hydrogen-bond donors (Lipinski definition) is 3. The highest BCUT2D eigenvalue weighted by Gasteiger charge is 2.21.